The van der Waals surface area contributed by atoms with E-state index in [0.717, 1.165) is 17.5 Å². The van der Waals surface area contributed by atoms with Crippen molar-refractivity contribution in [3.63, 3.8) is 0 Å². The van der Waals surface area contributed by atoms with E-state index in [9.17, 15) is 23.2 Å². The predicted molar refractivity (Wildman–Crippen MR) is 140 cm³/mol. The minimum absolute atomic E-state index is 0. The fraction of sp³-hybridized carbons (Fsp3) is 0.160. The summed E-state index contributed by atoms with van der Waals surface area (Å²) in [5.41, 5.74) is 7.76. The van der Waals surface area contributed by atoms with Gasteiger partial charge in [-0.05, 0) is 35.4 Å². The molecule has 0 saturated heterocycles. The lowest BCUT2D eigenvalue weighted by atomic mass is 10.1. The monoisotopic (exact) mass is 590 g/mol. The summed E-state index contributed by atoms with van der Waals surface area (Å²) >= 11 is 0. The number of aromatic carboxylic acids is 1. The number of rotatable bonds is 5. The Morgan fingerprint density at radius 3 is 2.56 bits per heavy atom. The molecule has 6 N–H and O–H groups in total. The van der Waals surface area contributed by atoms with E-state index in [4.69, 9.17) is 15.6 Å². The maximum atomic E-state index is 12.5. The Labute approximate surface area is 235 Å². The molecule has 41 heavy (non-hydrogen) atoms. The second-order valence-corrected chi connectivity index (χ2v) is 8.46. The van der Waals surface area contributed by atoms with Crippen molar-refractivity contribution in [2.24, 2.45) is 5.73 Å². The van der Waals surface area contributed by atoms with Crippen molar-refractivity contribution >= 4 is 46.9 Å². The van der Waals surface area contributed by atoms with E-state index in [2.05, 4.69) is 35.1 Å². The van der Waals surface area contributed by atoms with Crippen molar-refractivity contribution in [1.29, 1.82) is 0 Å². The van der Waals surface area contributed by atoms with Gasteiger partial charge in [-0.15, -0.1) is 21.2 Å². The van der Waals surface area contributed by atoms with E-state index in [1.807, 2.05) is 0 Å². The maximum absolute atomic E-state index is 12.5. The number of halogens is 3. The van der Waals surface area contributed by atoms with Crippen molar-refractivity contribution < 1.29 is 42.5 Å². The van der Waals surface area contributed by atoms with E-state index in [-0.39, 0.29) is 71.8 Å². The van der Waals surface area contributed by atoms with Crippen molar-refractivity contribution in [1.82, 2.24) is 20.3 Å². The molecule has 0 bridgehead atoms. The van der Waals surface area contributed by atoms with E-state index >= 15 is 0 Å². The summed E-state index contributed by atoms with van der Waals surface area (Å²) in [6, 6.07) is 9.66. The molecule has 13 nitrogen and oxygen atoms in total. The third-order valence-corrected chi connectivity index (χ3v) is 5.74. The fourth-order valence-corrected chi connectivity index (χ4v) is 3.90. The number of alkyl halides is 2. The lowest BCUT2D eigenvalue weighted by Crippen LogP contribution is -2.26. The molecule has 2 aromatic heterocycles. The summed E-state index contributed by atoms with van der Waals surface area (Å²) < 4.78 is 38.7. The number of anilines is 1. The number of benzene rings is 2. The molecule has 214 valence electrons. The lowest BCUT2D eigenvalue weighted by molar-refractivity contribution is -0.286. The molecule has 4 aromatic rings. The van der Waals surface area contributed by atoms with Gasteiger partial charge in [0.05, 0.1) is 11.2 Å². The molecule has 0 saturated carbocycles. The van der Waals surface area contributed by atoms with Crippen LogP contribution in [-0.2, 0) is 17.9 Å². The molecule has 2 aliphatic rings. The normalized spacial score (nSPS) is 14.0. The predicted octanol–water partition coefficient (Wildman–Crippen LogP) is 2.81. The summed E-state index contributed by atoms with van der Waals surface area (Å²) in [6.07, 6.45) is -1.14. The Balaban J connectivity index is 0.000000233. The molecule has 2 aliphatic heterocycles. The van der Waals surface area contributed by atoms with Crippen LogP contribution in [0.4, 0.5) is 14.5 Å². The lowest BCUT2D eigenvalue weighted by Gasteiger charge is -2.18. The summed E-state index contributed by atoms with van der Waals surface area (Å²) in [4.78, 5) is 45.7. The highest BCUT2D eigenvalue weighted by molar-refractivity contribution is 6.08. The van der Waals surface area contributed by atoms with E-state index in [1.165, 1.54) is 18.3 Å². The first-order chi connectivity index (χ1) is 19.1. The number of amides is 2. The molecule has 0 unspecified atom stereocenters. The first kappa shape index (κ1) is 29.0. The zero-order valence-electron chi connectivity index (χ0n) is 20.8. The molecule has 0 fully saturated rings. The number of carbonyl (C=O) groups excluding carboxylic acids is 2. The zero-order valence-corrected chi connectivity index (χ0v) is 21.6. The van der Waals surface area contributed by atoms with Gasteiger partial charge in [-0.25, -0.2) is 14.8 Å². The Morgan fingerprint density at radius 2 is 1.80 bits per heavy atom. The van der Waals surface area contributed by atoms with Crippen LogP contribution in [0.3, 0.4) is 0 Å². The number of nitrogens with zero attached hydrogens (tertiary/aromatic N) is 2. The number of carbonyl (C=O) groups is 3. The molecule has 6 rings (SSSR count). The first-order valence-corrected chi connectivity index (χ1v) is 11.6. The molecule has 0 radical (unpaired) electrons. The highest BCUT2D eigenvalue weighted by atomic mass is 35.5. The number of fused-ring (bicyclic) bond motifs is 3. The summed E-state index contributed by atoms with van der Waals surface area (Å²) in [7, 11) is 0. The number of nitrogens with one attached hydrogen (secondary N) is 3. The molecule has 0 aliphatic carbocycles. The van der Waals surface area contributed by atoms with E-state index in [1.54, 1.807) is 24.3 Å². The minimum Gasteiger partial charge on any atom is -0.482 e. The maximum Gasteiger partial charge on any atom is 0.586 e. The van der Waals surface area contributed by atoms with Crippen LogP contribution in [0.2, 0.25) is 0 Å². The molecule has 4 heterocycles. The van der Waals surface area contributed by atoms with Gasteiger partial charge in [0.2, 0.25) is 0 Å². The van der Waals surface area contributed by atoms with E-state index < -0.39 is 18.2 Å². The second kappa shape index (κ2) is 11.6. The fourth-order valence-electron chi connectivity index (χ4n) is 3.90. The second-order valence-electron chi connectivity index (χ2n) is 8.46. The average molecular weight is 591 g/mol. The Kier molecular flexibility index (Phi) is 8.21. The van der Waals surface area contributed by atoms with Crippen LogP contribution in [0.1, 0.15) is 32.0 Å². The summed E-state index contributed by atoms with van der Waals surface area (Å²) in [6.45, 7) is 0.434. The molecular weight excluding hydrogens is 570 g/mol. The van der Waals surface area contributed by atoms with Gasteiger partial charge < -0.3 is 40.7 Å². The number of aromatic amines is 1. The molecular formula is C25H21ClF2N6O7. The van der Waals surface area contributed by atoms with Gasteiger partial charge in [0.15, 0.2) is 23.8 Å². The van der Waals surface area contributed by atoms with Crippen LogP contribution >= 0.6 is 12.4 Å². The van der Waals surface area contributed by atoms with Crippen molar-refractivity contribution in [3.05, 3.63) is 71.3 Å². The average Bonchev–Trinajstić information content (AvgIpc) is 3.50. The van der Waals surface area contributed by atoms with Gasteiger partial charge in [0.25, 0.3) is 11.8 Å². The highest BCUT2D eigenvalue weighted by Gasteiger charge is 2.43. The van der Waals surface area contributed by atoms with Crippen LogP contribution in [0.25, 0.3) is 11.0 Å². The Morgan fingerprint density at radius 1 is 1.07 bits per heavy atom. The van der Waals surface area contributed by atoms with Gasteiger partial charge in [-0.1, -0.05) is 12.1 Å². The standard InChI is InChI=1S/C17H13N5O5.C8H7F2NO2.ClH/c23-12-6-27-11-2-1-8(3-10(11)22-12)4-19-16(24)15-14-13(20-7-21-15)9(5-18-14)17(25)26;9-8(10)12-6-2-1-5(4-11)3-7(6)13-8;/h1-3,5,7,18H,4,6H2,(H,19,24)(H,22,23)(H,25,26);1-3H,4,11H2;1H. The van der Waals surface area contributed by atoms with Crippen molar-refractivity contribution in [2.45, 2.75) is 19.4 Å². The van der Waals surface area contributed by atoms with Crippen molar-refractivity contribution in [3.8, 4) is 17.2 Å². The van der Waals surface area contributed by atoms with Crippen LogP contribution in [-0.4, -0.2) is 50.7 Å². The number of carboxylic acid groups (broad SMARTS) is 1. The number of hydrogen-bond acceptors (Lipinski definition) is 9. The molecule has 0 spiro atoms. The van der Waals surface area contributed by atoms with Gasteiger partial charge in [-0.2, -0.15) is 0 Å². The summed E-state index contributed by atoms with van der Waals surface area (Å²) in [5.74, 6) is -1.23. The van der Waals surface area contributed by atoms with Crippen LogP contribution < -0.4 is 30.6 Å². The number of ether oxygens (including phenoxy) is 3. The molecule has 0 atom stereocenters. The SMILES string of the molecule is Cl.NCc1ccc2c(c1)OC(F)(F)O2.O=C1COc2ccc(CNC(=O)c3ncnc4c(C(=O)O)c[nH]c34)cc2N1. The highest BCUT2D eigenvalue weighted by Crippen LogP contribution is 2.41. The van der Waals surface area contributed by atoms with Gasteiger partial charge in [0, 0.05) is 19.3 Å². The summed E-state index contributed by atoms with van der Waals surface area (Å²) in [5, 5.41) is 14.6. The number of aromatic nitrogens is 3. The third-order valence-electron chi connectivity index (χ3n) is 5.74. The smallest absolute Gasteiger partial charge is 0.482 e. The molecule has 16 heteroatoms. The largest absolute Gasteiger partial charge is 0.586 e. The van der Waals surface area contributed by atoms with Gasteiger partial charge in [-0.3, -0.25) is 9.59 Å². The zero-order chi connectivity index (χ0) is 28.4. The number of H-pyrrole nitrogens is 1. The van der Waals surface area contributed by atoms with Crippen LogP contribution in [0, 0.1) is 0 Å². The van der Waals surface area contributed by atoms with Gasteiger partial charge in [0.1, 0.15) is 23.2 Å². The van der Waals surface area contributed by atoms with Gasteiger partial charge >= 0.3 is 12.3 Å². The first-order valence-electron chi connectivity index (χ1n) is 11.6. The quantitative estimate of drug-likeness (QED) is 0.231. The molecule has 2 aromatic carbocycles. The van der Waals surface area contributed by atoms with Crippen LogP contribution in [0.5, 0.6) is 17.2 Å². The molecule has 2 amide bonds. The number of carboxylic acids is 1. The third kappa shape index (κ3) is 6.26. The Hall–Kier alpha value is -5.02. The Bertz CT molecular complexity index is 1650. The van der Waals surface area contributed by atoms with Crippen molar-refractivity contribution in [2.75, 3.05) is 11.9 Å². The number of nitrogens with two attached hydrogens (primary N) is 1. The topological polar surface area (TPSA) is 191 Å². The minimum atomic E-state index is -3.55. The van der Waals surface area contributed by atoms with E-state index in [0.29, 0.717) is 11.4 Å². The number of hydrogen-bond donors (Lipinski definition) is 5. The van der Waals surface area contributed by atoms with Crippen LogP contribution in [0.15, 0.2) is 48.9 Å².